The Hall–Kier alpha value is -3.38. The zero-order chi connectivity index (χ0) is 21.8. The van der Waals surface area contributed by atoms with Crippen LogP contribution in [0.4, 0.5) is 14.5 Å². The molecule has 1 N–H and O–H groups in total. The van der Waals surface area contributed by atoms with Crippen LogP contribution in [0.5, 0.6) is 5.75 Å². The number of aromatic nitrogens is 1. The van der Waals surface area contributed by atoms with Crippen molar-refractivity contribution in [2.75, 3.05) is 4.31 Å². The maximum atomic E-state index is 14.2. The molecule has 0 radical (unpaired) electrons. The first kappa shape index (κ1) is 19.9. The number of aromatic hydroxyl groups is 1. The van der Waals surface area contributed by atoms with Crippen LogP contribution in [0.25, 0.3) is 5.69 Å². The fourth-order valence-electron chi connectivity index (χ4n) is 3.81. The summed E-state index contributed by atoms with van der Waals surface area (Å²) in [7, 11) is -4.21. The van der Waals surface area contributed by atoms with Gasteiger partial charge >= 0.3 is 0 Å². The van der Waals surface area contributed by atoms with Crippen molar-refractivity contribution >= 4 is 15.7 Å². The number of anilines is 1. The van der Waals surface area contributed by atoms with Crippen LogP contribution in [0, 0.1) is 29.9 Å². The zero-order valence-electron chi connectivity index (χ0n) is 16.1. The second-order valence-electron chi connectivity index (χ2n) is 7.02. The maximum Gasteiger partial charge on any atom is 0.265 e. The van der Waals surface area contributed by atoms with Crippen molar-refractivity contribution in [1.29, 1.82) is 5.26 Å². The highest BCUT2D eigenvalue weighted by Gasteiger charge is 2.40. The first-order valence-corrected chi connectivity index (χ1v) is 10.6. The fourth-order valence-corrected chi connectivity index (χ4v) is 5.60. The predicted molar refractivity (Wildman–Crippen MR) is 106 cm³/mol. The summed E-state index contributed by atoms with van der Waals surface area (Å²) < 4.78 is 58.1. The first-order chi connectivity index (χ1) is 14.2. The van der Waals surface area contributed by atoms with Crippen molar-refractivity contribution in [2.24, 2.45) is 0 Å². The Bertz CT molecular complexity index is 1330. The third-order valence-electron chi connectivity index (χ3n) is 5.26. The van der Waals surface area contributed by atoms with E-state index in [9.17, 15) is 27.6 Å². The Morgan fingerprint density at radius 1 is 1.10 bits per heavy atom. The topological polar surface area (TPSA) is 86.3 Å². The molecule has 2 aromatic carbocycles. The number of phenols is 1. The summed E-state index contributed by atoms with van der Waals surface area (Å²) >= 11 is 0. The highest BCUT2D eigenvalue weighted by Crippen LogP contribution is 2.45. The van der Waals surface area contributed by atoms with Gasteiger partial charge in [-0.05, 0) is 49.2 Å². The van der Waals surface area contributed by atoms with E-state index in [1.807, 2.05) is 6.07 Å². The van der Waals surface area contributed by atoms with E-state index in [0.717, 1.165) is 16.4 Å². The van der Waals surface area contributed by atoms with Gasteiger partial charge in [-0.25, -0.2) is 17.2 Å². The number of rotatable bonds is 3. The monoisotopic (exact) mass is 429 g/mol. The van der Waals surface area contributed by atoms with Gasteiger partial charge in [-0.3, -0.25) is 4.31 Å². The van der Waals surface area contributed by atoms with Crippen LogP contribution in [-0.2, 0) is 10.0 Å². The average molecular weight is 429 g/mol. The fraction of sp³-hybridized carbons (Fsp3) is 0.190. The standard InChI is InChI=1S/C21H17F2N3O3S/c1-3-17-18-6-4-13(11-24)25(18)19-9-15(22)16(23)10-20(19)26(17)30(28,29)14-5-7-21(27)12(2)8-14/h4-10,17,27H,3H2,1-2H3/t17-/m0/s1. The van der Waals surface area contributed by atoms with Crippen LogP contribution < -0.4 is 4.31 Å². The Balaban J connectivity index is 2.04. The van der Waals surface area contributed by atoms with Crippen molar-refractivity contribution in [1.82, 2.24) is 4.57 Å². The molecule has 0 aliphatic carbocycles. The lowest BCUT2D eigenvalue weighted by Crippen LogP contribution is -2.39. The second kappa shape index (κ2) is 6.85. The molecule has 0 fully saturated rings. The van der Waals surface area contributed by atoms with Crippen LogP contribution in [0.3, 0.4) is 0 Å². The van der Waals surface area contributed by atoms with Crippen molar-refractivity contribution < 1.29 is 22.3 Å². The SMILES string of the molecule is CC[C@H]1c2ccc(C#N)n2-c2cc(F)c(F)cc2N1S(=O)(=O)c1ccc(O)c(C)c1. The molecule has 2 heterocycles. The second-order valence-corrected chi connectivity index (χ2v) is 8.83. The lowest BCUT2D eigenvalue weighted by molar-refractivity contribution is 0.470. The minimum absolute atomic E-state index is 0.0549. The van der Waals surface area contributed by atoms with Crippen LogP contribution in [-0.4, -0.2) is 18.1 Å². The van der Waals surface area contributed by atoms with Gasteiger partial charge in [-0.15, -0.1) is 0 Å². The third kappa shape index (κ3) is 2.75. The third-order valence-corrected chi connectivity index (χ3v) is 7.08. The van der Waals surface area contributed by atoms with E-state index in [4.69, 9.17) is 0 Å². The molecule has 4 rings (SSSR count). The van der Waals surface area contributed by atoms with Crippen molar-refractivity contribution in [2.45, 2.75) is 31.2 Å². The number of nitriles is 1. The van der Waals surface area contributed by atoms with E-state index >= 15 is 0 Å². The number of nitrogens with zero attached hydrogens (tertiary/aromatic N) is 3. The molecule has 30 heavy (non-hydrogen) atoms. The molecule has 0 saturated heterocycles. The van der Waals surface area contributed by atoms with Crippen LogP contribution >= 0.6 is 0 Å². The van der Waals surface area contributed by atoms with Gasteiger partial charge in [0, 0.05) is 17.8 Å². The molecule has 0 unspecified atom stereocenters. The zero-order valence-corrected chi connectivity index (χ0v) is 16.9. The summed E-state index contributed by atoms with van der Waals surface area (Å²) in [5.74, 6) is -2.40. The van der Waals surface area contributed by atoms with E-state index in [1.165, 1.54) is 28.8 Å². The highest BCUT2D eigenvalue weighted by molar-refractivity contribution is 7.92. The van der Waals surface area contributed by atoms with Gasteiger partial charge in [0.25, 0.3) is 10.0 Å². The van der Waals surface area contributed by atoms with Crippen molar-refractivity contribution in [3.8, 4) is 17.5 Å². The Labute approximate surface area is 172 Å². The molecule has 0 spiro atoms. The maximum absolute atomic E-state index is 14.2. The van der Waals surface area contributed by atoms with Gasteiger partial charge in [0.05, 0.1) is 22.3 Å². The van der Waals surface area contributed by atoms with Gasteiger partial charge in [0.2, 0.25) is 0 Å². The van der Waals surface area contributed by atoms with E-state index < -0.39 is 27.7 Å². The number of fused-ring (bicyclic) bond motifs is 3. The van der Waals surface area contributed by atoms with Gasteiger partial charge in [0.15, 0.2) is 11.6 Å². The minimum Gasteiger partial charge on any atom is -0.508 e. The molecule has 6 nitrogen and oxygen atoms in total. The molecule has 9 heteroatoms. The smallest absolute Gasteiger partial charge is 0.265 e. The lowest BCUT2D eigenvalue weighted by Gasteiger charge is -2.38. The molecule has 0 bridgehead atoms. The number of sulfonamides is 1. The van der Waals surface area contributed by atoms with E-state index in [-0.39, 0.29) is 27.7 Å². The minimum atomic E-state index is -4.21. The van der Waals surface area contributed by atoms with Crippen LogP contribution in [0.1, 0.15) is 36.3 Å². The summed E-state index contributed by atoms with van der Waals surface area (Å²) in [6, 6.07) is 9.98. The molecule has 3 aromatic rings. The molecule has 1 aliphatic heterocycles. The Morgan fingerprint density at radius 3 is 2.37 bits per heavy atom. The van der Waals surface area contributed by atoms with Gasteiger partial charge in [0.1, 0.15) is 17.5 Å². The molecule has 1 aromatic heterocycles. The van der Waals surface area contributed by atoms with E-state index in [1.54, 1.807) is 19.9 Å². The summed E-state index contributed by atoms with van der Waals surface area (Å²) in [5, 5.41) is 19.2. The number of benzene rings is 2. The summed E-state index contributed by atoms with van der Waals surface area (Å²) in [6.45, 7) is 3.33. The molecule has 1 atom stereocenters. The van der Waals surface area contributed by atoms with Gasteiger partial charge in [-0.1, -0.05) is 6.92 Å². The largest absolute Gasteiger partial charge is 0.508 e. The van der Waals surface area contributed by atoms with Crippen LogP contribution in [0.15, 0.2) is 47.4 Å². The molecule has 0 saturated carbocycles. The van der Waals surface area contributed by atoms with E-state index in [0.29, 0.717) is 17.7 Å². The molecular weight excluding hydrogens is 412 g/mol. The Morgan fingerprint density at radius 2 is 1.77 bits per heavy atom. The highest BCUT2D eigenvalue weighted by atomic mass is 32.2. The number of hydrogen-bond donors (Lipinski definition) is 1. The number of halogens is 2. The number of aryl methyl sites for hydroxylation is 1. The van der Waals surface area contributed by atoms with Crippen molar-refractivity contribution in [3.05, 3.63) is 71.1 Å². The number of hydrogen-bond acceptors (Lipinski definition) is 4. The average Bonchev–Trinajstić information content (AvgIpc) is 3.14. The quantitative estimate of drug-likeness (QED) is 0.673. The molecule has 154 valence electrons. The van der Waals surface area contributed by atoms with E-state index in [2.05, 4.69) is 0 Å². The lowest BCUT2D eigenvalue weighted by atomic mass is 10.1. The predicted octanol–water partition coefficient (Wildman–Crippen LogP) is 4.30. The Kier molecular flexibility index (Phi) is 4.55. The summed E-state index contributed by atoms with van der Waals surface area (Å²) in [4.78, 5) is -0.0903. The summed E-state index contributed by atoms with van der Waals surface area (Å²) in [6.07, 6.45) is 0.323. The molecule has 1 aliphatic rings. The van der Waals surface area contributed by atoms with Gasteiger partial charge in [-0.2, -0.15) is 5.26 Å². The molecular formula is C21H17F2N3O3S. The normalized spacial score (nSPS) is 15.4. The first-order valence-electron chi connectivity index (χ1n) is 9.16. The van der Waals surface area contributed by atoms with Crippen LogP contribution in [0.2, 0.25) is 0 Å². The summed E-state index contributed by atoms with van der Waals surface area (Å²) in [5.41, 5.74) is 1.03. The molecule has 0 amide bonds. The van der Waals surface area contributed by atoms with Crippen molar-refractivity contribution in [3.63, 3.8) is 0 Å². The van der Waals surface area contributed by atoms with Gasteiger partial charge < -0.3 is 9.67 Å². The number of phenolic OH excluding ortho intramolecular Hbond substituents is 1.